The van der Waals surface area contributed by atoms with Crippen LogP contribution in [-0.4, -0.2) is 18.5 Å². The average Bonchev–Trinajstić information content (AvgIpc) is 2.71. The van der Waals surface area contributed by atoms with Gasteiger partial charge in [0.05, 0.1) is 16.9 Å². The number of anilines is 1. The monoisotopic (exact) mass is 437 g/mol. The Morgan fingerprint density at radius 2 is 1.64 bits per heavy atom. The summed E-state index contributed by atoms with van der Waals surface area (Å²) in [6.07, 6.45) is 4.65. The summed E-state index contributed by atoms with van der Waals surface area (Å²) in [6.45, 7) is -0.222. The number of carbonyl (C=O) groups is 2. The van der Waals surface area contributed by atoms with Gasteiger partial charge in [-0.05, 0) is 24.3 Å². The second-order valence-electron chi connectivity index (χ2n) is 6.44. The maximum absolute atomic E-state index is 12.9. The van der Waals surface area contributed by atoms with Crippen molar-refractivity contribution in [3.8, 4) is 0 Å². The third-order valence-electron chi connectivity index (χ3n) is 4.67. The van der Waals surface area contributed by atoms with Crippen LogP contribution in [0.25, 0.3) is 10.8 Å². The minimum atomic E-state index is -0.599. The Morgan fingerprint density at radius 3 is 2.39 bits per heavy atom. The van der Waals surface area contributed by atoms with Crippen LogP contribution in [0.15, 0.2) is 64.1 Å². The highest BCUT2D eigenvalue weighted by molar-refractivity contribution is 6.59. The van der Waals surface area contributed by atoms with Gasteiger partial charge >= 0.3 is 5.97 Å². The zero-order valence-corrected chi connectivity index (χ0v) is 17.1. The highest BCUT2D eigenvalue weighted by atomic mass is 35.5. The number of rotatable bonds is 5. The number of allylic oxidation sites excluding steroid dienone is 2. The normalized spacial score (nSPS) is 18.5. The molecule has 1 aliphatic carbocycles. The van der Waals surface area contributed by atoms with E-state index in [-0.39, 0.29) is 22.0 Å². The van der Waals surface area contributed by atoms with Crippen molar-refractivity contribution in [1.82, 2.24) is 0 Å². The SMILES string of the molecule is O=C(OCC(Cl)=C(Cl)Cl)[C@H]1CC=CC[C@H]1C(=O)Nc1cccc2ccccc12. The van der Waals surface area contributed by atoms with Gasteiger partial charge in [0, 0.05) is 11.1 Å². The van der Waals surface area contributed by atoms with E-state index in [0.717, 1.165) is 10.8 Å². The first-order chi connectivity index (χ1) is 13.5. The van der Waals surface area contributed by atoms with Crippen molar-refractivity contribution >= 4 is 63.1 Å². The lowest BCUT2D eigenvalue weighted by Crippen LogP contribution is -2.36. The molecule has 0 radical (unpaired) electrons. The van der Waals surface area contributed by atoms with Crippen LogP contribution in [0.1, 0.15) is 12.8 Å². The van der Waals surface area contributed by atoms with E-state index in [4.69, 9.17) is 39.5 Å². The first-order valence-corrected chi connectivity index (χ1v) is 9.90. The highest BCUT2D eigenvalue weighted by Gasteiger charge is 2.35. The second kappa shape index (κ2) is 9.46. The molecule has 1 aliphatic rings. The maximum Gasteiger partial charge on any atom is 0.310 e. The summed E-state index contributed by atoms with van der Waals surface area (Å²) >= 11 is 16.9. The van der Waals surface area contributed by atoms with Crippen LogP contribution in [0.4, 0.5) is 5.69 Å². The Labute approximate surface area is 178 Å². The molecule has 0 unspecified atom stereocenters. The maximum atomic E-state index is 12.9. The van der Waals surface area contributed by atoms with Gasteiger partial charge in [0.2, 0.25) is 5.91 Å². The zero-order valence-electron chi connectivity index (χ0n) is 14.8. The van der Waals surface area contributed by atoms with Crippen molar-refractivity contribution < 1.29 is 14.3 Å². The number of esters is 1. The number of amides is 1. The van der Waals surface area contributed by atoms with Gasteiger partial charge in [-0.15, -0.1) is 0 Å². The van der Waals surface area contributed by atoms with Crippen molar-refractivity contribution in [3.05, 3.63) is 64.1 Å². The van der Waals surface area contributed by atoms with Crippen molar-refractivity contribution in [2.45, 2.75) is 12.8 Å². The van der Waals surface area contributed by atoms with Gasteiger partial charge in [-0.2, -0.15) is 0 Å². The second-order valence-corrected chi connectivity index (χ2v) is 7.85. The fraction of sp³-hybridized carbons (Fsp3) is 0.238. The summed E-state index contributed by atoms with van der Waals surface area (Å²) in [5.74, 6) is -1.86. The van der Waals surface area contributed by atoms with Crippen LogP contribution < -0.4 is 5.32 Å². The van der Waals surface area contributed by atoms with E-state index >= 15 is 0 Å². The first-order valence-electron chi connectivity index (χ1n) is 8.77. The van der Waals surface area contributed by atoms with E-state index in [0.29, 0.717) is 18.5 Å². The molecular weight excluding hydrogens is 421 g/mol. The lowest BCUT2D eigenvalue weighted by atomic mass is 9.82. The Hall–Kier alpha value is -2.01. The van der Waals surface area contributed by atoms with Gasteiger partial charge in [-0.25, -0.2) is 0 Å². The number of fused-ring (bicyclic) bond motifs is 1. The molecular formula is C21H18Cl3NO3. The molecule has 0 heterocycles. The van der Waals surface area contributed by atoms with Crippen molar-refractivity contribution in [1.29, 1.82) is 0 Å². The third-order valence-corrected chi connectivity index (χ3v) is 5.61. The van der Waals surface area contributed by atoms with Crippen LogP contribution in [0.2, 0.25) is 0 Å². The van der Waals surface area contributed by atoms with Crippen molar-refractivity contribution in [3.63, 3.8) is 0 Å². The number of hydrogen-bond donors (Lipinski definition) is 1. The minimum absolute atomic E-state index is 0.0415. The smallest absolute Gasteiger partial charge is 0.310 e. The summed E-state index contributed by atoms with van der Waals surface area (Å²) in [5, 5.41) is 4.98. The fourth-order valence-corrected chi connectivity index (χ4v) is 3.38. The van der Waals surface area contributed by atoms with Crippen LogP contribution in [0, 0.1) is 11.8 Å². The molecule has 146 valence electrons. The van der Waals surface area contributed by atoms with Crippen LogP contribution >= 0.6 is 34.8 Å². The first kappa shape index (κ1) is 20.7. The number of carbonyl (C=O) groups excluding carboxylic acids is 2. The summed E-state index contributed by atoms with van der Waals surface area (Å²) < 4.78 is 5.04. The van der Waals surface area contributed by atoms with E-state index in [1.54, 1.807) is 0 Å². The largest absolute Gasteiger partial charge is 0.460 e. The van der Waals surface area contributed by atoms with Gasteiger partial charge in [-0.1, -0.05) is 83.4 Å². The van der Waals surface area contributed by atoms with E-state index in [1.165, 1.54) is 0 Å². The predicted molar refractivity (Wildman–Crippen MR) is 113 cm³/mol. The standard InChI is InChI=1S/C21H18Cl3NO3/c22-17(19(23)24)12-28-21(27)16-10-4-3-9-15(16)20(26)25-18-11-5-7-13-6-1-2-8-14(13)18/h1-8,11,15-16H,9-10,12H2,(H,25,26)/t15-,16+/m1/s1. The van der Waals surface area contributed by atoms with Gasteiger partial charge in [-0.3, -0.25) is 9.59 Å². The fourth-order valence-electron chi connectivity index (χ4n) is 3.22. The zero-order chi connectivity index (χ0) is 20.1. The van der Waals surface area contributed by atoms with Gasteiger partial charge in [0.25, 0.3) is 0 Å². The van der Waals surface area contributed by atoms with Crippen LogP contribution in [0.5, 0.6) is 0 Å². The minimum Gasteiger partial charge on any atom is -0.460 e. The van der Waals surface area contributed by atoms with E-state index < -0.39 is 17.8 Å². The van der Waals surface area contributed by atoms with Gasteiger partial charge in [0.1, 0.15) is 11.1 Å². The lowest BCUT2D eigenvalue weighted by molar-refractivity contribution is -0.151. The molecule has 2 aromatic rings. The van der Waals surface area contributed by atoms with Gasteiger partial charge in [0.15, 0.2) is 0 Å². The van der Waals surface area contributed by atoms with E-state index in [1.807, 2.05) is 54.6 Å². The van der Waals surface area contributed by atoms with Crippen molar-refractivity contribution in [2.75, 3.05) is 11.9 Å². The molecule has 0 bridgehead atoms. The lowest BCUT2D eigenvalue weighted by Gasteiger charge is -2.26. The van der Waals surface area contributed by atoms with Crippen LogP contribution in [-0.2, 0) is 14.3 Å². The predicted octanol–water partition coefficient (Wildman–Crippen LogP) is 5.79. The topological polar surface area (TPSA) is 55.4 Å². The Bertz CT molecular complexity index is 946. The van der Waals surface area contributed by atoms with Gasteiger partial charge < -0.3 is 10.1 Å². The molecule has 0 aliphatic heterocycles. The molecule has 0 aromatic heterocycles. The number of nitrogens with one attached hydrogen (secondary N) is 1. The van der Waals surface area contributed by atoms with Crippen LogP contribution in [0.3, 0.4) is 0 Å². The quantitative estimate of drug-likeness (QED) is 0.475. The number of benzene rings is 2. The Balaban J connectivity index is 1.74. The molecule has 0 saturated heterocycles. The van der Waals surface area contributed by atoms with E-state index in [2.05, 4.69) is 5.32 Å². The molecule has 7 heteroatoms. The third kappa shape index (κ3) is 4.88. The molecule has 2 aromatic carbocycles. The average molecular weight is 439 g/mol. The molecule has 1 N–H and O–H groups in total. The molecule has 0 saturated carbocycles. The number of hydrogen-bond acceptors (Lipinski definition) is 3. The Morgan fingerprint density at radius 1 is 0.964 bits per heavy atom. The molecule has 4 nitrogen and oxygen atoms in total. The van der Waals surface area contributed by atoms with E-state index in [9.17, 15) is 9.59 Å². The highest BCUT2D eigenvalue weighted by Crippen LogP contribution is 2.30. The number of ether oxygens (including phenoxy) is 1. The molecule has 28 heavy (non-hydrogen) atoms. The number of halogens is 3. The molecule has 1 amide bonds. The Kier molecular flexibility index (Phi) is 7.00. The summed E-state index contributed by atoms with van der Waals surface area (Å²) in [5.41, 5.74) is 0.713. The summed E-state index contributed by atoms with van der Waals surface area (Å²) in [6, 6.07) is 13.5. The molecule has 2 atom stereocenters. The molecule has 3 rings (SSSR count). The molecule has 0 spiro atoms. The summed E-state index contributed by atoms with van der Waals surface area (Å²) in [4.78, 5) is 25.4. The summed E-state index contributed by atoms with van der Waals surface area (Å²) in [7, 11) is 0. The molecule has 0 fully saturated rings. The van der Waals surface area contributed by atoms with Crippen molar-refractivity contribution in [2.24, 2.45) is 11.8 Å².